The summed E-state index contributed by atoms with van der Waals surface area (Å²) in [5.41, 5.74) is 5.47. The first kappa shape index (κ1) is 10.3. The molecule has 0 bridgehead atoms. The van der Waals surface area contributed by atoms with Gasteiger partial charge in [-0.25, -0.2) is 9.97 Å². The Bertz CT molecular complexity index is 266. The Balaban J connectivity index is 2.66. The summed E-state index contributed by atoms with van der Waals surface area (Å²) < 4.78 is 0. The smallest absolute Gasteiger partial charge is 0.223 e. The predicted molar refractivity (Wildman–Crippen MR) is 56.0 cm³/mol. The number of nitrogens with zero attached hydrogens (tertiary/aromatic N) is 2. The Kier molecular flexibility index (Phi) is 3.98. The molecule has 72 valence electrons. The SMILES string of the molecule is CSc1ccnc(NC(C)CN)n1. The van der Waals surface area contributed by atoms with Crippen molar-refractivity contribution in [3.8, 4) is 0 Å². The standard InChI is InChI=1S/C8H14N4S/c1-6(5-9)11-8-10-4-3-7(12-8)13-2/h3-4,6H,5,9H2,1-2H3,(H,10,11,12). The lowest BCUT2D eigenvalue weighted by atomic mass is 10.3. The van der Waals surface area contributed by atoms with Gasteiger partial charge in [0.15, 0.2) is 0 Å². The minimum Gasteiger partial charge on any atom is -0.350 e. The maximum Gasteiger partial charge on any atom is 0.223 e. The second-order valence-electron chi connectivity index (χ2n) is 2.70. The fraction of sp³-hybridized carbons (Fsp3) is 0.500. The van der Waals surface area contributed by atoms with E-state index >= 15 is 0 Å². The molecule has 1 rings (SSSR count). The van der Waals surface area contributed by atoms with Crippen molar-refractivity contribution in [1.82, 2.24) is 9.97 Å². The molecule has 0 amide bonds. The first-order valence-electron chi connectivity index (χ1n) is 4.10. The molecular formula is C8H14N4S. The first-order chi connectivity index (χ1) is 6.26. The number of thioether (sulfide) groups is 1. The second-order valence-corrected chi connectivity index (χ2v) is 3.53. The van der Waals surface area contributed by atoms with Gasteiger partial charge in [-0.2, -0.15) is 0 Å². The predicted octanol–water partition coefficient (Wildman–Crippen LogP) is 0.958. The summed E-state index contributed by atoms with van der Waals surface area (Å²) in [7, 11) is 0. The second kappa shape index (κ2) is 5.04. The lowest BCUT2D eigenvalue weighted by Gasteiger charge is -2.10. The molecule has 1 atom stereocenters. The van der Waals surface area contributed by atoms with Gasteiger partial charge in [-0.1, -0.05) is 0 Å². The Hall–Kier alpha value is -0.810. The summed E-state index contributed by atoms with van der Waals surface area (Å²) >= 11 is 1.60. The maximum atomic E-state index is 5.47. The van der Waals surface area contributed by atoms with Crippen molar-refractivity contribution < 1.29 is 0 Å². The largest absolute Gasteiger partial charge is 0.350 e. The highest BCUT2D eigenvalue weighted by Crippen LogP contribution is 2.11. The lowest BCUT2D eigenvalue weighted by molar-refractivity contribution is 0.786. The van der Waals surface area contributed by atoms with E-state index < -0.39 is 0 Å². The van der Waals surface area contributed by atoms with Crippen molar-refractivity contribution in [3.63, 3.8) is 0 Å². The fourth-order valence-electron chi connectivity index (χ4n) is 0.805. The van der Waals surface area contributed by atoms with Crippen LogP contribution in [0.3, 0.4) is 0 Å². The van der Waals surface area contributed by atoms with Gasteiger partial charge in [-0.05, 0) is 19.2 Å². The molecule has 4 nitrogen and oxygen atoms in total. The fourth-order valence-corrected chi connectivity index (χ4v) is 1.18. The van der Waals surface area contributed by atoms with Gasteiger partial charge in [0.25, 0.3) is 0 Å². The number of nitrogens with one attached hydrogen (secondary N) is 1. The molecule has 0 spiro atoms. The summed E-state index contributed by atoms with van der Waals surface area (Å²) in [5, 5.41) is 4.07. The van der Waals surface area contributed by atoms with Gasteiger partial charge < -0.3 is 11.1 Å². The third-order valence-electron chi connectivity index (χ3n) is 1.57. The zero-order valence-corrected chi connectivity index (χ0v) is 8.64. The third kappa shape index (κ3) is 3.20. The van der Waals surface area contributed by atoms with E-state index in [1.165, 1.54) is 0 Å². The zero-order chi connectivity index (χ0) is 9.68. The van der Waals surface area contributed by atoms with Gasteiger partial charge in [0.05, 0.1) is 0 Å². The molecule has 0 aromatic carbocycles. The number of hydrogen-bond donors (Lipinski definition) is 2. The molecule has 0 saturated carbocycles. The van der Waals surface area contributed by atoms with Gasteiger partial charge in [-0.3, -0.25) is 0 Å². The van der Waals surface area contributed by atoms with Gasteiger partial charge in [-0.15, -0.1) is 11.8 Å². The van der Waals surface area contributed by atoms with E-state index in [1.54, 1.807) is 18.0 Å². The van der Waals surface area contributed by atoms with Crippen LogP contribution in [-0.4, -0.2) is 28.8 Å². The maximum absolute atomic E-state index is 5.47. The van der Waals surface area contributed by atoms with Crippen LogP contribution in [0.4, 0.5) is 5.95 Å². The van der Waals surface area contributed by atoms with E-state index in [1.807, 2.05) is 19.2 Å². The highest BCUT2D eigenvalue weighted by atomic mass is 32.2. The van der Waals surface area contributed by atoms with Crippen LogP contribution < -0.4 is 11.1 Å². The quantitative estimate of drug-likeness (QED) is 0.557. The Labute approximate surface area is 82.3 Å². The summed E-state index contributed by atoms with van der Waals surface area (Å²) in [5.74, 6) is 0.643. The van der Waals surface area contributed by atoms with Crippen molar-refractivity contribution >= 4 is 17.7 Å². The summed E-state index contributed by atoms with van der Waals surface area (Å²) in [6.07, 6.45) is 3.73. The van der Waals surface area contributed by atoms with Crippen molar-refractivity contribution in [1.29, 1.82) is 0 Å². The molecule has 3 N–H and O–H groups in total. The van der Waals surface area contributed by atoms with E-state index in [0.717, 1.165) is 5.03 Å². The van der Waals surface area contributed by atoms with E-state index in [-0.39, 0.29) is 6.04 Å². The van der Waals surface area contributed by atoms with Crippen LogP contribution in [0.2, 0.25) is 0 Å². The molecule has 0 fully saturated rings. The highest BCUT2D eigenvalue weighted by molar-refractivity contribution is 7.98. The number of rotatable bonds is 4. The third-order valence-corrected chi connectivity index (χ3v) is 2.21. The lowest BCUT2D eigenvalue weighted by Crippen LogP contribution is -2.26. The van der Waals surface area contributed by atoms with Crippen LogP contribution >= 0.6 is 11.8 Å². The molecule has 0 radical (unpaired) electrons. The monoisotopic (exact) mass is 198 g/mol. The van der Waals surface area contributed by atoms with Crippen molar-refractivity contribution in [3.05, 3.63) is 12.3 Å². The van der Waals surface area contributed by atoms with Crippen LogP contribution in [0.25, 0.3) is 0 Å². The number of hydrogen-bond acceptors (Lipinski definition) is 5. The number of aromatic nitrogens is 2. The average Bonchev–Trinajstić information content (AvgIpc) is 2.18. The average molecular weight is 198 g/mol. The molecule has 1 aromatic heterocycles. The van der Waals surface area contributed by atoms with E-state index in [2.05, 4.69) is 15.3 Å². The molecule has 0 aliphatic heterocycles. The van der Waals surface area contributed by atoms with Crippen LogP contribution in [0.1, 0.15) is 6.92 Å². The first-order valence-corrected chi connectivity index (χ1v) is 5.32. The Morgan fingerprint density at radius 2 is 2.46 bits per heavy atom. The molecule has 5 heteroatoms. The molecule has 1 unspecified atom stereocenters. The highest BCUT2D eigenvalue weighted by Gasteiger charge is 2.01. The van der Waals surface area contributed by atoms with E-state index in [4.69, 9.17) is 5.73 Å². The van der Waals surface area contributed by atoms with Crippen LogP contribution in [0, 0.1) is 0 Å². The molecule has 1 heterocycles. The topological polar surface area (TPSA) is 63.8 Å². The molecular weight excluding hydrogens is 184 g/mol. The molecule has 0 aliphatic carbocycles. The zero-order valence-electron chi connectivity index (χ0n) is 7.82. The Morgan fingerprint density at radius 3 is 3.08 bits per heavy atom. The molecule has 1 aromatic rings. The van der Waals surface area contributed by atoms with Crippen molar-refractivity contribution in [2.75, 3.05) is 18.1 Å². The normalized spacial score (nSPS) is 12.5. The van der Waals surface area contributed by atoms with Crippen molar-refractivity contribution in [2.24, 2.45) is 5.73 Å². The van der Waals surface area contributed by atoms with Gasteiger partial charge >= 0.3 is 0 Å². The van der Waals surface area contributed by atoms with Gasteiger partial charge in [0, 0.05) is 18.8 Å². The minimum atomic E-state index is 0.206. The molecule has 13 heavy (non-hydrogen) atoms. The van der Waals surface area contributed by atoms with E-state index in [0.29, 0.717) is 12.5 Å². The summed E-state index contributed by atoms with van der Waals surface area (Å²) in [4.78, 5) is 8.35. The van der Waals surface area contributed by atoms with Gasteiger partial charge in [0.2, 0.25) is 5.95 Å². The van der Waals surface area contributed by atoms with Crippen LogP contribution in [0.5, 0.6) is 0 Å². The van der Waals surface area contributed by atoms with Crippen molar-refractivity contribution in [2.45, 2.75) is 18.0 Å². The summed E-state index contributed by atoms with van der Waals surface area (Å²) in [6.45, 7) is 2.57. The van der Waals surface area contributed by atoms with E-state index in [9.17, 15) is 0 Å². The van der Waals surface area contributed by atoms with Crippen LogP contribution in [0.15, 0.2) is 17.3 Å². The Morgan fingerprint density at radius 1 is 1.69 bits per heavy atom. The van der Waals surface area contributed by atoms with Gasteiger partial charge in [0.1, 0.15) is 5.03 Å². The number of anilines is 1. The van der Waals surface area contributed by atoms with Crippen LogP contribution in [-0.2, 0) is 0 Å². The number of nitrogens with two attached hydrogens (primary N) is 1. The minimum absolute atomic E-state index is 0.206. The molecule has 0 aliphatic rings. The summed E-state index contributed by atoms with van der Waals surface area (Å²) in [6, 6.07) is 2.08. The molecule has 0 saturated heterocycles.